The van der Waals surface area contributed by atoms with E-state index in [1.54, 1.807) is 12.1 Å². The molecule has 25 heavy (non-hydrogen) atoms. The van der Waals surface area contributed by atoms with Crippen molar-refractivity contribution >= 4 is 22.8 Å². The number of carboxylic acid groups (broad SMARTS) is 1. The molecule has 3 rings (SSSR count). The number of nitrogens with one attached hydrogen (secondary N) is 1. The zero-order valence-electron chi connectivity index (χ0n) is 14.0. The molecule has 0 saturated heterocycles. The molecular formula is C18H19NO6. The molecule has 132 valence electrons. The Kier molecular flexibility index (Phi) is 4.48. The first-order valence-electron chi connectivity index (χ1n) is 8.15. The second kappa shape index (κ2) is 6.58. The average molecular weight is 345 g/mol. The summed E-state index contributed by atoms with van der Waals surface area (Å²) in [4.78, 5) is 34.8. The van der Waals surface area contributed by atoms with Crippen molar-refractivity contribution in [2.45, 2.75) is 45.3 Å². The highest BCUT2D eigenvalue weighted by atomic mass is 16.5. The van der Waals surface area contributed by atoms with Crippen LogP contribution in [0, 0.1) is 0 Å². The van der Waals surface area contributed by atoms with Gasteiger partial charge in [-0.15, -0.1) is 0 Å². The van der Waals surface area contributed by atoms with Gasteiger partial charge in [0.2, 0.25) is 0 Å². The zero-order valence-corrected chi connectivity index (χ0v) is 14.0. The van der Waals surface area contributed by atoms with Gasteiger partial charge in [0, 0.05) is 17.0 Å². The molecule has 0 saturated carbocycles. The number of carbonyl (C=O) groups is 2. The molecule has 2 N–H and O–H groups in total. The largest absolute Gasteiger partial charge is 0.481 e. The third-order valence-corrected chi connectivity index (χ3v) is 4.36. The number of hydrogen-bond donors (Lipinski definition) is 2. The Morgan fingerprint density at radius 3 is 2.68 bits per heavy atom. The van der Waals surface area contributed by atoms with Crippen molar-refractivity contribution in [1.82, 2.24) is 5.32 Å². The van der Waals surface area contributed by atoms with E-state index >= 15 is 0 Å². The quantitative estimate of drug-likeness (QED) is 0.798. The minimum Gasteiger partial charge on any atom is -0.481 e. The molecule has 1 heterocycles. The maximum Gasteiger partial charge on any atom is 0.339 e. The van der Waals surface area contributed by atoms with Crippen molar-refractivity contribution < 1.29 is 23.8 Å². The monoisotopic (exact) mass is 345 g/mol. The van der Waals surface area contributed by atoms with Crippen molar-refractivity contribution in [3.8, 4) is 5.75 Å². The molecule has 0 aliphatic heterocycles. The summed E-state index contributed by atoms with van der Waals surface area (Å²) >= 11 is 0. The zero-order chi connectivity index (χ0) is 18.1. The summed E-state index contributed by atoms with van der Waals surface area (Å²) in [5.41, 5.74) is 1.88. The fourth-order valence-electron chi connectivity index (χ4n) is 2.99. The van der Waals surface area contributed by atoms with E-state index in [4.69, 9.17) is 14.3 Å². The molecule has 1 unspecified atom stereocenters. The molecule has 0 radical (unpaired) electrons. The van der Waals surface area contributed by atoms with Crippen LogP contribution in [-0.4, -0.2) is 29.1 Å². The first-order chi connectivity index (χ1) is 11.9. The van der Waals surface area contributed by atoms with Crippen LogP contribution in [0.2, 0.25) is 0 Å². The van der Waals surface area contributed by atoms with Crippen molar-refractivity contribution in [2.75, 3.05) is 0 Å². The predicted octanol–water partition coefficient (Wildman–Crippen LogP) is 1.64. The lowest BCUT2D eigenvalue weighted by Gasteiger charge is -2.17. The van der Waals surface area contributed by atoms with Crippen LogP contribution in [-0.2, 0) is 22.4 Å². The van der Waals surface area contributed by atoms with Gasteiger partial charge in [-0.25, -0.2) is 4.79 Å². The normalized spacial score (nSPS) is 15.4. The van der Waals surface area contributed by atoms with Gasteiger partial charge in [-0.1, -0.05) is 0 Å². The first-order valence-corrected chi connectivity index (χ1v) is 8.15. The SMILES string of the molecule is CC(Oc1ccc2c3c(c(=O)oc2c1)CCC3)C(=O)N[C@@H](C)C(=O)O. The number of benzene rings is 1. The van der Waals surface area contributed by atoms with E-state index in [9.17, 15) is 14.4 Å². The van der Waals surface area contributed by atoms with Crippen molar-refractivity contribution in [2.24, 2.45) is 0 Å². The van der Waals surface area contributed by atoms with Gasteiger partial charge in [-0.05, 0) is 50.8 Å². The van der Waals surface area contributed by atoms with Gasteiger partial charge in [-0.3, -0.25) is 9.59 Å². The van der Waals surface area contributed by atoms with Crippen molar-refractivity contribution in [3.05, 3.63) is 39.7 Å². The standard InChI is InChI=1S/C18H19NO6/c1-9(17(21)22)19-16(20)10(2)24-11-6-7-13-12-4-3-5-14(12)18(23)25-15(13)8-11/h6-10H,3-5H2,1-2H3,(H,19,20)(H,21,22)/t9-,10?/m0/s1. The lowest BCUT2D eigenvalue weighted by molar-refractivity contribution is -0.142. The first kappa shape index (κ1) is 17.0. The van der Waals surface area contributed by atoms with E-state index in [0.29, 0.717) is 11.3 Å². The maximum atomic E-state index is 12.0. The van der Waals surface area contributed by atoms with Gasteiger partial charge in [0.25, 0.3) is 5.91 Å². The van der Waals surface area contributed by atoms with E-state index in [1.807, 2.05) is 6.07 Å². The molecule has 0 fully saturated rings. The summed E-state index contributed by atoms with van der Waals surface area (Å²) in [6, 6.07) is 4.11. The van der Waals surface area contributed by atoms with Gasteiger partial charge >= 0.3 is 11.6 Å². The van der Waals surface area contributed by atoms with Gasteiger partial charge in [-0.2, -0.15) is 0 Å². The Morgan fingerprint density at radius 1 is 1.24 bits per heavy atom. The molecule has 0 bridgehead atoms. The van der Waals surface area contributed by atoms with Crippen molar-refractivity contribution in [3.63, 3.8) is 0 Å². The maximum absolute atomic E-state index is 12.0. The number of hydrogen-bond acceptors (Lipinski definition) is 5. The highest BCUT2D eigenvalue weighted by molar-refractivity contribution is 5.86. The van der Waals surface area contributed by atoms with E-state index in [2.05, 4.69) is 5.32 Å². The molecule has 1 aliphatic carbocycles. The van der Waals surface area contributed by atoms with Crippen LogP contribution in [0.15, 0.2) is 27.4 Å². The van der Waals surface area contributed by atoms with E-state index < -0.39 is 24.0 Å². The predicted molar refractivity (Wildman–Crippen MR) is 89.8 cm³/mol. The molecular weight excluding hydrogens is 326 g/mol. The highest BCUT2D eigenvalue weighted by Gasteiger charge is 2.22. The second-order valence-corrected chi connectivity index (χ2v) is 6.19. The molecule has 7 heteroatoms. The molecule has 1 amide bonds. The van der Waals surface area contributed by atoms with Gasteiger partial charge in [0.1, 0.15) is 17.4 Å². The van der Waals surface area contributed by atoms with Crippen LogP contribution >= 0.6 is 0 Å². The Balaban J connectivity index is 1.81. The Bertz CT molecular complexity index is 900. The molecule has 2 atom stereocenters. The third kappa shape index (κ3) is 3.35. The summed E-state index contributed by atoms with van der Waals surface area (Å²) in [6.45, 7) is 2.89. The molecule has 1 aromatic heterocycles. The lowest BCUT2D eigenvalue weighted by atomic mass is 10.1. The minimum absolute atomic E-state index is 0.321. The summed E-state index contributed by atoms with van der Waals surface area (Å²) in [5.74, 6) is -1.29. The number of aliphatic carboxylic acids is 1. The van der Waals surface area contributed by atoms with Crippen molar-refractivity contribution in [1.29, 1.82) is 0 Å². The Hall–Kier alpha value is -2.83. The van der Waals surface area contributed by atoms with Crippen LogP contribution in [0.25, 0.3) is 11.0 Å². The minimum atomic E-state index is -1.12. The molecule has 0 spiro atoms. The number of aryl methyl sites for hydroxylation is 1. The highest BCUT2D eigenvalue weighted by Crippen LogP contribution is 2.29. The molecule has 1 aliphatic rings. The van der Waals surface area contributed by atoms with Gasteiger partial charge in [0.05, 0.1) is 0 Å². The fourth-order valence-corrected chi connectivity index (χ4v) is 2.99. The van der Waals surface area contributed by atoms with E-state index in [1.165, 1.54) is 13.8 Å². The second-order valence-electron chi connectivity index (χ2n) is 6.19. The third-order valence-electron chi connectivity index (χ3n) is 4.36. The topological polar surface area (TPSA) is 106 Å². The van der Waals surface area contributed by atoms with E-state index in [-0.39, 0.29) is 5.63 Å². The van der Waals surface area contributed by atoms with E-state index in [0.717, 1.165) is 35.8 Å². The summed E-state index contributed by atoms with van der Waals surface area (Å²) < 4.78 is 10.9. The van der Waals surface area contributed by atoms with Crippen LogP contribution in [0.3, 0.4) is 0 Å². The lowest BCUT2D eigenvalue weighted by Crippen LogP contribution is -2.44. The van der Waals surface area contributed by atoms with Gasteiger partial charge in [0.15, 0.2) is 6.10 Å². The number of ether oxygens (including phenoxy) is 1. The molecule has 1 aromatic carbocycles. The Labute approximate surface area is 143 Å². The smallest absolute Gasteiger partial charge is 0.339 e. The summed E-state index contributed by atoms with van der Waals surface area (Å²) in [5, 5.41) is 12.1. The van der Waals surface area contributed by atoms with Crippen LogP contribution < -0.4 is 15.7 Å². The summed E-state index contributed by atoms with van der Waals surface area (Å²) in [7, 11) is 0. The Morgan fingerprint density at radius 2 is 1.96 bits per heavy atom. The summed E-state index contributed by atoms with van der Waals surface area (Å²) in [6.07, 6.45) is 1.64. The number of carboxylic acids is 1. The molecule has 7 nitrogen and oxygen atoms in total. The molecule has 2 aromatic rings. The number of carbonyl (C=O) groups excluding carboxylic acids is 1. The number of fused-ring (bicyclic) bond motifs is 3. The van der Waals surface area contributed by atoms with Crippen LogP contribution in [0.1, 0.15) is 31.4 Å². The fraction of sp³-hybridized carbons (Fsp3) is 0.389. The van der Waals surface area contributed by atoms with Gasteiger partial charge < -0.3 is 19.6 Å². The number of rotatable bonds is 5. The number of amides is 1. The van der Waals surface area contributed by atoms with Crippen LogP contribution in [0.4, 0.5) is 0 Å². The van der Waals surface area contributed by atoms with Crippen LogP contribution in [0.5, 0.6) is 5.75 Å². The average Bonchev–Trinajstić information content (AvgIpc) is 3.05.